The first-order chi connectivity index (χ1) is 13.1. The van der Waals surface area contributed by atoms with Gasteiger partial charge in [0.05, 0.1) is 17.3 Å². The Kier molecular flexibility index (Phi) is 5.87. The number of rotatable bonds is 6. The number of nitrogens with zero attached hydrogens (tertiary/aromatic N) is 3. The van der Waals surface area contributed by atoms with Crippen LogP contribution in [0.1, 0.15) is 65.0 Å². The standard InChI is InChI=1S/C20H23N5O2/c1-2-3-10-22-20(27)18-24-17(16-9-4-5-11-25(16)18)19(26)23-15-8-6-7-14(12-15)13-21/h6-8,12H,2-5,9-11H2,1H3,(H,22,27)(H,23,26). The van der Waals surface area contributed by atoms with Gasteiger partial charge in [-0.15, -0.1) is 0 Å². The van der Waals surface area contributed by atoms with E-state index in [1.165, 1.54) is 0 Å². The maximum absolute atomic E-state index is 12.8. The number of anilines is 1. The molecule has 0 bridgehead atoms. The Labute approximate surface area is 158 Å². The SMILES string of the molecule is CCCCNC(=O)c1nc(C(=O)Nc2cccc(C#N)c2)c2n1CCCC2. The van der Waals surface area contributed by atoms with Crippen molar-refractivity contribution < 1.29 is 9.59 Å². The van der Waals surface area contributed by atoms with Crippen molar-refractivity contribution in [3.8, 4) is 6.07 Å². The number of fused-ring (bicyclic) bond motifs is 1. The smallest absolute Gasteiger partial charge is 0.287 e. The lowest BCUT2D eigenvalue weighted by atomic mass is 10.1. The van der Waals surface area contributed by atoms with Gasteiger partial charge in [0.15, 0.2) is 11.5 Å². The number of carbonyl (C=O) groups is 2. The summed E-state index contributed by atoms with van der Waals surface area (Å²) in [7, 11) is 0. The molecule has 2 N–H and O–H groups in total. The van der Waals surface area contributed by atoms with Crippen LogP contribution in [0.25, 0.3) is 0 Å². The van der Waals surface area contributed by atoms with Gasteiger partial charge >= 0.3 is 0 Å². The van der Waals surface area contributed by atoms with Crippen molar-refractivity contribution in [1.29, 1.82) is 5.26 Å². The predicted molar refractivity (Wildman–Crippen MR) is 102 cm³/mol. The number of carbonyl (C=O) groups excluding carboxylic acids is 2. The number of benzene rings is 1. The summed E-state index contributed by atoms with van der Waals surface area (Å²) in [6.07, 6.45) is 4.55. The molecule has 2 amide bonds. The number of amides is 2. The monoisotopic (exact) mass is 365 g/mol. The first kappa shape index (κ1) is 18.6. The van der Waals surface area contributed by atoms with E-state index >= 15 is 0 Å². The second-order valence-electron chi connectivity index (χ2n) is 6.60. The predicted octanol–water partition coefficient (Wildman–Crippen LogP) is 2.87. The van der Waals surface area contributed by atoms with Crippen molar-refractivity contribution in [3.05, 3.63) is 47.0 Å². The van der Waals surface area contributed by atoms with Crippen molar-refractivity contribution in [2.75, 3.05) is 11.9 Å². The van der Waals surface area contributed by atoms with Gasteiger partial charge < -0.3 is 15.2 Å². The van der Waals surface area contributed by atoms with Crippen LogP contribution in [0.15, 0.2) is 24.3 Å². The average Bonchev–Trinajstić information content (AvgIpc) is 3.08. The van der Waals surface area contributed by atoms with Gasteiger partial charge in [0.2, 0.25) is 0 Å². The maximum Gasteiger partial charge on any atom is 0.287 e. The second-order valence-corrected chi connectivity index (χ2v) is 6.60. The lowest BCUT2D eigenvalue weighted by Gasteiger charge is -2.17. The van der Waals surface area contributed by atoms with Crippen LogP contribution in [0, 0.1) is 11.3 Å². The summed E-state index contributed by atoms with van der Waals surface area (Å²) < 4.78 is 1.87. The summed E-state index contributed by atoms with van der Waals surface area (Å²) in [5.74, 6) is -0.294. The van der Waals surface area contributed by atoms with E-state index in [-0.39, 0.29) is 17.5 Å². The third-order valence-electron chi connectivity index (χ3n) is 4.60. The van der Waals surface area contributed by atoms with Gasteiger partial charge in [-0.2, -0.15) is 5.26 Å². The van der Waals surface area contributed by atoms with Gasteiger partial charge in [-0.3, -0.25) is 9.59 Å². The summed E-state index contributed by atoms with van der Waals surface area (Å²) in [4.78, 5) is 29.7. The molecule has 0 atom stereocenters. The molecule has 140 valence electrons. The number of hydrogen-bond donors (Lipinski definition) is 2. The molecule has 2 heterocycles. The first-order valence-corrected chi connectivity index (χ1v) is 9.33. The number of aromatic nitrogens is 2. The molecule has 27 heavy (non-hydrogen) atoms. The van der Waals surface area contributed by atoms with Crippen LogP contribution in [0.4, 0.5) is 5.69 Å². The van der Waals surface area contributed by atoms with Gasteiger partial charge in [0.1, 0.15) is 0 Å². The van der Waals surface area contributed by atoms with Crippen LogP contribution in [0.5, 0.6) is 0 Å². The van der Waals surface area contributed by atoms with Crippen molar-refractivity contribution in [2.24, 2.45) is 0 Å². The zero-order valence-electron chi connectivity index (χ0n) is 15.4. The fourth-order valence-electron chi connectivity index (χ4n) is 3.21. The Morgan fingerprint density at radius 2 is 2.15 bits per heavy atom. The minimum Gasteiger partial charge on any atom is -0.349 e. The molecular formula is C20H23N5O2. The quantitative estimate of drug-likeness (QED) is 0.769. The number of nitrogens with one attached hydrogen (secondary N) is 2. The molecule has 0 saturated carbocycles. The van der Waals surface area contributed by atoms with Crippen molar-refractivity contribution in [2.45, 2.75) is 45.6 Å². The Morgan fingerprint density at radius 3 is 2.93 bits per heavy atom. The summed E-state index contributed by atoms with van der Waals surface area (Å²) >= 11 is 0. The third kappa shape index (κ3) is 4.17. The van der Waals surface area contributed by atoms with Crippen LogP contribution in [-0.4, -0.2) is 27.9 Å². The van der Waals surface area contributed by atoms with Crippen molar-refractivity contribution in [1.82, 2.24) is 14.9 Å². The highest BCUT2D eigenvalue weighted by molar-refractivity contribution is 6.05. The van der Waals surface area contributed by atoms with Gasteiger partial charge in [-0.05, 0) is 43.9 Å². The molecule has 0 aliphatic carbocycles. The Morgan fingerprint density at radius 1 is 1.30 bits per heavy atom. The number of hydrogen-bond acceptors (Lipinski definition) is 4. The number of unbranched alkanes of at least 4 members (excludes halogenated alkanes) is 1. The van der Waals surface area contributed by atoms with Gasteiger partial charge in [-0.25, -0.2) is 4.98 Å². The molecule has 1 aromatic heterocycles. The molecule has 7 nitrogen and oxygen atoms in total. The molecular weight excluding hydrogens is 342 g/mol. The normalized spacial score (nSPS) is 12.7. The summed E-state index contributed by atoms with van der Waals surface area (Å²) in [6.45, 7) is 3.35. The lowest BCUT2D eigenvalue weighted by Crippen LogP contribution is -2.28. The lowest BCUT2D eigenvalue weighted by molar-refractivity contribution is 0.0937. The molecule has 0 saturated heterocycles. The van der Waals surface area contributed by atoms with E-state index in [9.17, 15) is 9.59 Å². The largest absolute Gasteiger partial charge is 0.349 e. The fraction of sp³-hybridized carbons (Fsp3) is 0.400. The molecule has 1 aromatic carbocycles. The minimum atomic E-state index is -0.358. The number of nitriles is 1. The highest BCUT2D eigenvalue weighted by atomic mass is 16.2. The van der Waals surface area contributed by atoms with Crippen LogP contribution >= 0.6 is 0 Å². The first-order valence-electron chi connectivity index (χ1n) is 9.33. The maximum atomic E-state index is 12.8. The molecule has 0 unspecified atom stereocenters. The Hall–Kier alpha value is -3.14. The molecule has 0 radical (unpaired) electrons. The van der Waals surface area contributed by atoms with Gasteiger partial charge in [0.25, 0.3) is 11.8 Å². The topological polar surface area (TPSA) is 99.8 Å². The van der Waals surface area contributed by atoms with E-state index in [2.05, 4.69) is 22.5 Å². The zero-order valence-corrected chi connectivity index (χ0v) is 15.4. The van der Waals surface area contributed by atoms with Gasteiger partial charge in [-0.1, -0.05) is 19.4 Å². The van der Waals surface area contributed by atoms with E-state index in [4.69, 9.17) is 5.26 Å². The fourth-order valence-corrected chi connectivity index (χ4v) is 3.21. The summed E-state index contributed by atoms with van der Waals surface area (Å²) in [5, 5.41) is 14.7. The molecule has 0 fully saturated rings. The molecule has 3 rings (SSSR count). The van der Waals surface area contributed by atoms with E-state index in [1.807, 2.05) is 10.6 Å². The van der Waals surface area contributed by atoms with Crippen LogP contribution < -0.4 is 10.6 Å². The highest BCUT2D eigenvalue weighted by Crippen LogP contribution is 2.22. The van der Waals surface area contributed by atoms with Crippen molar-refractivity contribution >= 4 is 17.5 Å². The molecule has 1 aliphatic rings. The van der Waals surface area contributed by atoms with E-state index in [1.54, 1.807) is 24.3 Å². The van der Waals surface area contributed by atoms with E-state index in [0.717, 1.165) is 37.8 Å². The molecule has 0 spiro atoms. The summed E-state index contributed by atoms with van der Waals surface area (Å²) in [5.41, 5.74) is 2.09. The molecule has 7 heteroatoms. The Bertz CT molecular complexity index is 894. The van der Waals surface area contributed by atoms with Crippen LogP contribution in [0.3, 0.4) is 0 Å². The van der Waals surface area contributed by atoms with Crippen LogP contribution in [0.2, 0.25) is 0 Å². The number of imidazole rings is 1. The highest BCUT2D eigenvalue weighted by Gasteiger charge is 2.27. The second kappa shape index (κ2) is 8.49. The minimum absolute atomic E-state index is 0.239. The third-order valence-corrected chi connectivity index (χ3v) is 4.60. The van der Waals surface area contributed by atoms with Crippen molar-refractivity contribution in [3.63, 3.8) is 0 Å². The molecule has 1 aliphatic heterocycles. The van der Waals surface area contributed by atoms with Crippen LogP contribution in [-0.2, 0) is 13.0 Å². The Balaban J connectivity index is 1.85. The zero-order chi connectivity index (χ0) is 19.2. The van der Waals surface area contributed by atoms with E-state index < -0.39 is 0 Å². The molecule has 2 aromatic rings. The van der Waals surface area contributed by atoms with Gasteiger partial charge in [0, 0.05) is 18.8 Å². The summed E-state index contributed by atoms with van der Waals surface area (Å²) in [6, 6.07) is 8.77. The average molecular weight is 365 g/mol. The van der Waals surface area contributed by atoms with E-state index in [0.29, 0.717) is 30.2 Å².